The molecule has 2 saturated carbocycles. The van der Waals surface area contributed by atoms with Crippen molar-refractivity contribution in [1.82, 2.24) is 0 Å². The predicted octanol–water partition coefficient (Wildman–Crippen LogP) is 1.87. The molecule has 3 N–H and O–H groups in total. The molecular formula is C28H42O9. The topological polar surface area (TPSA) is 116 Å². The summed E-state index contributed by atoms with van der Waals surface area (Å²) in [6.07, 6.45) is 3.32. The van der Waals surface area contributed by atoms with Crippen LogP contribution in [0, 0.1) is 28.6 Å². The molecule has 9 nitrogen and oxygen atoms in total. The van der Waals surface area contributed by atoms with Gasteiger partial charge in [0.05, 0.1) is 42.9 Å². The van der Waals surface area contributed by atoms with E-state index in [-0.39, 0.29) is 29.5 Å². The number of aliphatic hydroxyl groups is 3. The summed E-state index contributed by atoms with van der Waals surface area (Å²) >= 11 is 0. The molecule has 0 aromatic heterocycles. The normalized spacial score (nSPS) is 60.4. The SMILES string of the molecule is CO[C@@H]1[C@@H](O)[C@H](O[C@H]2CC[C@@]3(C)C(=CC[C@@H]4[C@@H]3CC[C@@]35CO[C@@]6(C)OC[C@@H](O[C@]43O)[C@H]65)C2)O[C@H](C)[C@H]1O. The molecule has 3 aliphatic carbocycles. The van der Waals surface area contributed by atoms with Gasteiger partial charge in [-0.15, -0.1) is 0 Å². The van der Waals surface area contributed by atoms with Crippen LogP contribution in [0.15, 0.2) is 11.6 Å². The van der Waals surface area contributed by atoms with Crippen molar-refractivity contribution < 1.29 is 43.7 Å². The minimum Gasteiger partial charge on any atom is -0.388 e. The van der Waals surface area contributed by atoms with Crippen LogP contribution in [-0.4, -0.2) is 90.1 Å². The maximum Gasteiger partial charge on any atom is 0.186 e. The largest absolute Gasteiger partial charge is 0.388 e. The van der Waals surface area contributed by atoms with E-state index in [1.165, 1.54) is 12.7 Å². The van der Waals surface area contributed by atoms with E-state index in [1.807, 2.05) is 6.92 Å². The molecule has 9 heteroatoms. The first-order valence-electron chi connectivity index (χ1n) is 14.1. The van der Waals surface area contributed by atoms with Gasteiger partial charge in [-0.1, -0.05) is 18.6 Å². The van der Waals surface area contributed by atoms with Gasteiger partial charge in [-0.3, -0.25) is 0 Å². The molecule has 0 radical (unpaired) electrons. The van der Waals surface area contributed by atoms with Crippen molar-refractivity contribution in [2.45, 2.75) is 114 Å². The third-order valence-corrected chi connectivity index (χ3v) is 11.6. The predicted molar refractivity (Wildman–Crippen MR) is 129 cm³/mol. The zero-order chi connectivity index (χ0) is 26.0. The lowest BCUT2D eigenvalue weighted by Crippen LogP contribution is -2.63. The van der Waals surface area contributed by atoms with Gasteiger partial charge in [0.25, 0.3) is 0 Å². The van der Waals surface area contributed by atoms with Gasteiger partial charge in [-0.25, -0.2) is 0 Å². The molecule has 7 aliphatic rings. The van der Waals surface area contributed by atoms with Crippen LogP contribution in [0.1, 0.15) is 59.3 Å². The highest BCUT2D eigenvalue weighted by Gasteiger charge is 2.80. The monoisotopic (exact) mass is 522 g/mol. The van der Waals surface area contributed by atoms with Crippen molar-refractivity contribution in [3.05, 3.63) is 11.6 Å². The van der Waals surface area contributed by atoms with Gasteiger partial charge in [-0.2, -0.15) is 0 Å². The number of methoxy groups -OCH3 is 1. The highest BCUT2D eigenvalue weighted by atomic mass is 16.7. The smallest absolute Gasteiger partial charge is 0.186 e. The Bertz CT molecular complexity index is 973. The van der Waals surface area contributed by atoms with E-state index >= 15 is 0 Å². The zero-order valence-corrected chi connectivity index (χ0v) is 22.3. The molecule has 7 rings (SSSR count). The average molecular weight is 523 g/mol. The number of aliphatic hydroxyl groups excluding tert-OH is 2. The Balaban J connectivity index is 1.11. The molecule has 208 valence electrons. The molecule has 4 heterocycles. The fourth-order valence-electron chi connectivity index (χ4n) is 9.64. The van der Waals surface area contributed by atoms with E-state index in [0.717, 1.165) is 38.5 Å². The van der Waals surface area contributed by atoms with E-state index in [0.29, 0.717) is 19.1 Å². The lowest BCUT2D eigenvalue weighted by molar-refractivity contribution is -0.314. The molecule has 37 heavy (non-hydrogen) atoms. The molecule has 0 bridgehead atoms. The Morgan fingerprint density at radius 1 is 1.05 bits per heavy atom. The second-order valence-corrected chi connectivity index (χ2v) is 13.1. The van der Waals surface area contributed by atoms with Gasteiger partial charge < -0.3 is 43.7 Å². The van der Waals surface area contributed by atoms with Crippen LogP contribution in [0.5, 0.6) is 0 Å². The van der Waals surface area contributed by atoms with Gasteiger partial charge in [0.15, 0.2) is 17.9 Å². The Hall–Kier alpha value is -0.620. The van der Waals surface area contributed by atoms with Crippen LogP contribution < -0.4 is 0 Å². The molecular weight excluding hydrogens is 480 g/mol. The summed E-state index contributed by atoms with van der Waals surface area (Å²) in [5, 5.41) is 33.3. The summed E-state index contributed by atoms with van der Waals surface area (Å²) in [6.45, 7) is 7.11. The van der Waals surface area contributed by atoms with Gasteiger partial charge >= 0.3 is 0 Å². The molecule has 0 unspecified atom stereocenters. The molecule has 4 saturated heterocycles. The van der Waals surface area contributed by atoms with Crippen LogP contribution >= 0.6 is 0 Å². The third-order valence-electron chi connectivity index (χ3n) is 11.6. The summed E-state index contributed by atoms with van der Waals surface area (Å²) < 4.78 is 36.2. The second kappa shape index (κ2) is 8.21. The molecule has 4 aliphatic heterocycles. The van der Waals surface area contributed by atoms with Gasteiger partial charge in [0.2, 0.25) is 0 Å². The molecule has 0 aromatic carbocycles. The van der Waals surface area contributed by atoms with Crippen molar-refractivity contribution >= 4 is 0 Å². The Morgan fingerprint density at radius 2 is 1.86 bits per heavy atom. The van der Waals surface area contributed by atoms with Gasteiger partial charge in [0, 0.05) is 13.0 Å². The molecule has 0 amide bonds. The first-order valence-corrected chi connectivity index (χ1v) is 14.1. The molecule has 14 atom stereocenters. The van der Waals surface area contributed by atoms with Crippen LogP contribution in [0.2, 0.25) is 0 Å². The van der Waals surface area contributed by atoms with E-state index in [9.17, 15) is 15.3 Å². The molecule has 1 spiro atoms. The number of rotatable bonds is 3. The lowest BCUT2D eigenvalue weighted by Gasteiger charge is -2.59. The van der Waals surface area contributed by atoms with E-state index in [2.05, 4.69) is 13.0 Å². The van der Waals surface area contributed by atoms with E-state index < -0.39 is 47.7 Å². The first kappa shape index (κ1) is 25.4. The third kappa shape index (κ3) is 3.18. The Morgan fingerprint density at radius 3 is 2.65 bits per heavy atom. The minimum absolute atomic E-state index is 0.0253. The van der Waals surface area contributed by atoms with Crippen molar-refractivity contribution in [1.29, 1.82) is 0 Å². The summed E-state index contributed by atoms with van der Waals surface area (Å²) in [7, 11) is 1.48. The summed E-state index contributed by atoms with van der Waals surface area (Å²) in [5.74, 6) is -1.43. The lowest BCUT2D eigenvalue weighted by atomic mass is 9.47. The van der Waals surface area contributed by atoms with Gasteiger partial charge in [-0.05, 0) is 63.7 Å². The highest BCUT2D eigenvalue weighted by molar-refractivity contribution is 5.29. The number of ether oxygens (including phenoxy) is 6. The van der Waals surface area contributed by atoms with E-state index in [4.69, 9.17) is 28.4 Å². The number of hydrogen-bond donors (Lipinski definition) is 3. The zero-order valence-electron chi connectivity index (χ0n) is 22.3. The maximum absolute atomic E-state index is 12.3. The van der Waals surface area contributed by atoms with Crippen LogP contribution in [-0.2, 0) is 28.4 Å². The fourth-order valence-corrected chi connectivity index (χ4v) is 9.64. The summed E-state index contributed by atoms with van der Waals surface area (Å²) in [4.78, 5) is 0. The standard InChI is InChI=1S/C28H42O9/c1-14-20(29)22(32-4)21(30)24(35-14)36-16-7-9-25(2)15(11-16)5-6-18-17(25)8-10-27-13-34-26(3)23(27)19(12-33-26)37-28(18,27)31/h5,14,16-24,29-31H,6-13H2,1-4H3/t14-,16+,17+,18-,19-,20-,21-,22+,23-,24+,25+,26-,27+,28-/m1/s1. The van der Waals surface area contributed by atoms with Crippen molar-refractivity contribution in [3.63, 3.8) is 0 Å². The number of hydrogen-bond acceptors (Lipinski definition) is 9. The summed E-state index contributed by atoms with van der Waals surface area (Å²) in [5.41, 5.74) is 0.935. The Labute approximate surface area is 218 Å². The number of allylic oxidation sites excluding steroid dienone is 1. The van der Waals surface area contributed by atoms with Crippen molar-refractivity contribution in [2.24, 2.45) is 28.6 Å². The van der Waals surface area contributed by atoms with Gasteiger partial charge in [0.1, 0.15) is 18.3 Å². The molecule has 6 fully saturated rings. The first-order chi connectivity index (χ1) is 17.6. The Kier molecular flexibility index (Phi) is 5.62. The minimum atomic E-state index is -1.20. The van der Waals surface area contributed by atoms with Crippen LogP contribution in [0.25, 0.3) is 0 Å². The molecule has 0 aromatic rings. The van der Waals surface area contributed by atoms with Crippen LogP contribution in [0.3, 0.4) is 0 Å². The fraction of sp³-hybridized carbons (Fsp3) is 0.929. The summed E-state index contributed by atoms with van der Waals surface area (Å²) in [6, 6.07) is 0. The number of fused-ring (bicyclic) bond motifs is 4. The highest BCUT2D eigenvalue weighted by Crippen LogP contribution is 2.72. The van der Waals surface area contributed by atoms with Crippen molar-refractivity contribution in [3.8, 4) is 0 Å². The quantitative estimate of drug-likeness (QED) is 0.478. The average Bonchev–Trinajstić information content (AvgIpc) is 3.45. The second-order valence-electron chi connectivity index (χ2n) is 13.1. The van der Waals surface area contributed by atoms with E-state index in [1.54, 1.807) is 6.92 Å². The maximum atomic E-state index is 12.3. The van der Waals surface area contributed by atoms with Crippen LogP contribution in [0.4, 0.5) is 0 Å². The van der Waals surface area contributed by atoms with Crippen molar-refractivity contribution in [2.75, 3.05) is 20.3 Å².